The molecule has 1 aromatic carbocycles. The minimum absolute atomic E-state index is 0.169. The molecule has 2 aromatic heterocycles. The molecule has 0 spiro atoms. The van der Waals surface area contributed by atoms with Gasteiger partial charge in [-0.2, -0.15) is 0 Å². The van der Waals surface area contributed by atoms with Crippen LogP contribution in [0.15, 0.2) is 32.8 Å². The van der Waals surface area contributed by atoms with Gasteiger partial charge in [0.15, 0.2) is 4.34 Å². The highest BCUT2D eigenvalue weighted by Gasteiger charge is 2.20. The van der Waals surface area contributed by atoms with E-state index in [1.54, 1.807) is 30.8 Å². The lowest BCUT2D eigenvalue weighted by molar-refractivity contribution is -0.142. The first-order valence-corrected chi connectivity index (χ1v) is 13.2. The van der Waals surface area contributed by atoms with Crippen molar-refractivity contribution < 1.29 is 17.9 Å². The minimum atomic E-state index is -3.52. The van der Waals surface area contributed by atoms with Gasteiger partial charge in [0.2, 0.25) is 10.0 Å². The number of benzene rings is 1. The number of carbonyl (C=O) groups is 1. The molecule has 0 atom stereocenters. The fourth-order valence-corrected chi connectivity index (χ4v) is 5.75. The number of nitrogens with zero attached hydrogens (tertiary/aromatic N) is 4. The Bertz CT molecular complexity index is 1170. The Morgan fingerprint density at radius 1 is 1.26 bits per heavy atom. The maximum atomic E-state index is 12.5. The van der Waals surface area contributed by atoms with Crippen LogP contribution in [0.4, 0.5) is 0 Å². The van der Waals surface area contributed by atoms with Gasteiger partial charge in [-0.15, -0.1) is 11.3 Å². The first kappa shape index (κ1) is 23.7. The number of thiazole rings is 1. The summed E-state index contributed by atoms with van der Waals surface area (Å²) in [7, 11) is -0.487. The van der Waals surface area contributed by atoms with Gasteiger partial charge in [0.05, 0.1) is 40.4 Å². The Morgan fingerprint density at radius 3 is 2.71 bits per heavy atom. The minimum Gasteiger partial charge on any atom is -0.466 e. The van der Waals surface area contributed by atoms with Crippen molar-refractivity contribution in [1.82, 2.24) is 18.8 Å². The van der Waals surface area contributed by atoms with Crippen molar-refractivity contribution in [2.75, 3.05) is 20.7 Å². The first-order valence-electron chi connectivity index (χ1n) is 9.90. The molecule has 0 aliphatic heterocycles. The van der Waals surface area contributed by atoms with E-state index in [1.165, 1.54) is 29.7 Å². The molecule has 0 amide bonds. The summed E-state index contributed by atoms with van der Waals surface area (Å²) < 4.78 is 34.1. The SMILES string of the molecule is CCCn1c(CSc2nc(CC(=O)OCC)cs2)nc2cc(S(=O)(=O)N(C)C)ccc21. The van der Waals surface area contributed by atoms with Crippen LogP contribution < -0.4 is 0 Å². The highest BCUT2D eigenvalue weighted by atomic mass is 32.2. The van der Waals surface area contributed by atoms with Crippen molar-refractivity contribution in [1.29, 1.82) is 0 Å². The average molecular weight is 483 g/mol. The van der Waals surface area contributed by atoms with Crippen molar-refractivity contribution >= 4 is 50.1 Å². The van der Waals surface area contributed by atoms with Crippen LogP contribution >= 0.6 is 23.1 Å². The highest BCUT2D eigenvalue weighted by molar-refractivity contribution is 8.00. The van der Waals surface area contributed by atoms with Gasteiger partial charge >= 0.3 is 5.97 Å². The van der Waals surface area contributed by atoms with Gasteiger partial charge in [0.25, 0.3) is 0 Å². The monoisotopic (exact) mass is 482 g/mol. The molecule has 0 unspecified atom stereocenters. The van der Waals surface area contributed by atoms with Gasteiger partial charge in [-0.05, 0) is 31.5 Å². The van der Waals surface area contributed by atoms with Gasteiger partial charge in [0.1, 0.15) is 5.82 Å². The third kappa shape index (κ3) is 5.46. The summed E-state index contributed by atoms with van der Waals surface area (Å²) in [5, 5.41) is 1.87. The van der Waals surface area contributed by atoms with Crippen LogP contribution in [-0.4, -0.2) is 53.9 Å². The number of thioether (sulfide) groups is 1. The number of hydrogen-bond acceptors (Lipinski definition) is 8. The van der Waals surface area contributed by atoms with E-state index in [0.29, 0.717) is 23.6 Å². The number of sulfonamides is 1. The van der Waals surface area contributed by atoms with Crippen LogP contribution in [0, 0.1) is 0 Å². The second kappa shape index (κ2) is 10.1. The molecule has 0 aliphatic rings. The van der Waals surface area contributed by atoms with Gasteiger partial charge in [-0.25, -0.2) is 22.7 Å². The van der Waals surface area contributed by atoms with E-state index >= 15 is 0 Å². The fourth-order valence-electron chi connectivity index (χ4n) is 3.04. The van der Waals surface area contributed by atoms with Gasteiger partial charge in [-0.3, -0.25) is 4.79 Å². The van der Waals surface area contributed by atoms with Crippen molar-refractivity contribution in [3.05, 3.63) is 35.1 Å². The standard InChI is InChI=1S/C20H26N4O4S3/c1-5-9-24-17-8-7-15(31(26,27)23(3)4)11-16(17)22-18(24)13-30-20-21-14(12-29-20)10-19(25)28-6-2/h7-8,11-12H,5-6,9-10,13H2,1-4H3. The normalized spacial score (nSPS) is 12.0. The number of esters is 1. The van der Waals surface area contributed by atoms with E-state index < -0.39 is 10.0 Å². The smallest absolute Gasteiger partial charge is 0.311 e. The molecule has 0 bridgehead atoms. The van der Waals surface area contributed by atoms with E-state index in [2.05, 4.69) is 16.5 Å². The molecule has 31 heavy (non-hydrogen) atoms. The molecule has 0 saturated heterocycles. The molecule has 8 nitrogen and oxygen atoms in total. The number of rotatable bonds is 10. The molecule has 0 fully saturated rings. The zero-order chi connectivity index (χ0) is 22.6. The largest absolute Gasteiger partial charge is 0.466 e. The Kier molecular flexibility index (Phi) is 7.73. The van der Waals surface area contributed by atoms with E-state index in [1.807, 2.05) is 11.4 Å². The number of ether oxygens (including phenoxy) is 1. The molecular weight excluding hydrogens is 456 g/mol. The Balaban J connectivity index is 1.82. The van der Waals surface area contributed by atoms with Crippen LogP contribution in [0.3, 0.4) is 0 Å². The van der Waals surface area contributed by atoms with Crippen LogP contribution in [0.25, 0.3) is 11.0 Å². The lowest BCUT2D eigenvalue weighted by atomic mass is 10.3. The van der Waals surface area contributed by atoms with E-state index in [0.717, 1.165) is 28.6 Å². The number of carbonyl (C=O) groups excluding carboxylic acids is 1. The van der Waals surface area contributed by atoms with Crippen LogP contribution in [0.1, 0.15) is 31.8 Å². The quantitative estimate of drug-likeness (QED) is 0.322. The molecule has 0 aliphatic carbocycles. The zero-order valence-corrected chi connectivity index (χ0v) is 20.4. The Hall–Kier alpha value is -1.95. The number of aromatic nitrogens is 3. The zero-order valence-electron chi connectivity index (χ0n) is 18.0. The van der Waals surface area contributed by atoms with Gasteiger partial charge in [-0.1, -0.05) is 18.7 Å². The second-order valence-electron chi connectivity index (χ2n) is 6.99. The van der Waals surface area contributed by atoms with Crippen LogP contribution in [0.2, 0.25) is 0 Å². The van der Waals surface area contributed by atoms with Crippen molar-refractivity contribution in [3.63, 3.8) is 0 Å². The van der Waals surface area contributed by atoms with Gasteiger partial charge in [0, 0.05) is 26.0 Å². The van der Waals surface area contributed by atoms with Crippen molar-refractivity contribution in [3.8, 4) is 0 Å². The summed E-state index contributed by atoms with van der Waals surface area (Å²) >= 11 is 3.04. The molecule has 0 radical (unpaired) electrons. The van der Waals surface area contributed by atoms with E-state index in [4.69, 9.17) is 9.72 Å². The highest BCUT2D eigenvalue weighted by Crippen LogP contribution is 2.29. The average Bonchev–Trinajstić information content (AvgIpc) is 3.30. The third-order valence-electron chi connectivity index (χ3n) is 4.51. The number of imidazole rings is 1. The van der Waals surface area contributed by atoms with Crippen molar-refractivity contribution in [2.45, 2.75) is 48.2 Å². The topological polar surface area (TPSA) is 94.4 Å². The van der Waals surface area contributed by atoms with E-state index in [9.17, 15) is 13.2 Å². The predicted octanol–water partition coefficient (Wildman–Crippen LogP) is 3.55. The maximum absolute atomic E-state index is 12.5. The molecular formula is C20H26N4O4S3. The molecule has 168 valence electrons. The fraction of sp³-hybridized carbons (Fsp3) is 0.450. The molecule has 11 heteroatoms. The van der Waals surface area contributed by atoms with Crippen LogP contribution in [-0.2, 0) is 38.3 Å². The molecule has 3 aromatic rings. The molecule has 3 rings (SSSR count). The molecule has 2 heterocycles. The van der Waals surface area contributed by atoms with Gasteiger partial charge < -0.3 is 9.30 Å². The third-order valence-corrected chi connectivity index (χ3v) is 8.39. The summed E-state index contributed by atoms with van der Waals surface area (Å²) in [6.45, 7) is 5.02. The maximum Gasteiger partial charge on any atom is 0.311 e. The second-order valence-corrected chi connectivity index (χ2v) is 11.2. The first-order chi connectivity index (χ1) is 14.8. The summed E-state index contributed by atoms with van der Waals surface area (Å²) in [5.41, 5.74) is 2.28. The Morgan fingerprint density at radius 2 is 2.03 bits per heavy atom. The lowest BCUT2D eigenvalue weighted by Crippen LogP contribution is -2.22. The predicted molar refractivity (Wildman–Crippen MR) is 123 cm³/mol. The van der Waals surface area contributed by atoms with Crippen LogP contribution in [0.5, 0.6) is 0 Å². The van der Waals surface area contributed by atoms with Crippen molar-refractivity contribution in [2.24, 2.45) is 0 Å². The molecule has 0 N–H and O–H groups in total. The summed E-state index contributed by atoms with van der Waals surface area (Å²) in [5.74, 6) is 1.18. The number of fused-ring (bicyclic) bond motifs is 1. The number of hydrogen-bond donors (Lipinski definition) is 0. The summed E-state index contributed by atoms with van der Waals surface area (Å²) in [6, 6.07) is 5.08. The summed E-state index contributed by atoms with van der Waals surface area (Å²) in [4.78, 5) is 21.1. The lowest BCUT2D eigenvalue weighted by Gasteiger charge is -2.11. The summed E-state index contributed by atoms with van der Waals surface area (Å²) in [6.07, 6.45) is 1.10. The van der Waals surface area contributed by atoms with E-state index in [-0.39, 0.29) is 17.3 Å². The Labute approximate surface area is 190 Å². The molecule has 0 saturated carbocycles. The number of aryl methyl sites for hydroxylation is 1.